The van der Waals surface area contributed by atoms with Gasteiger partial charge in [-0.25, -0.2) is 0 Å². The zero-order valence-electron chi connectivity index (χ0n) is 43.1. The minimum atomic E-state index is -1.70. The third-order valence-corrected chi connectivity index (χ3v) is 13.9. The molecule has 404 valence electrons. The number of hydrogen-bond donors (Lipinski definition) is 7. The van der Waals surface area contributed by atoms with Crippen LogP contribution in [0.2, 0.25) is 0 Å². The van der Waals surface area contributed by atoms with Crippen LogP contribution in [-0.2, 0) is 33.2 Å². The van der Waals surface area contributed by atoms with Gasteiger partial charge < -0.3 is 64.2 Å². The van der Waals surface area contributed by atoms with Gasteiger partial charge in [-0.3, -0.25) is 4.79 Å². The van der Waals surface area contributed by atoms with Crippen LogP contribution in [-0.4, -0.2) is 142 Å². The van der Waals surface area contributed by atoms with E-state index in [1.165, 1.54) is 173 Å². The fraction of sp³-hybridized carbons (Fsp3) is 0.981. The first-order chi connectivity index (χ1) is 33.1. The highest BCUT2D eigenvalue weighted by atomic mass is 16.7. The minimum Gasteiger partial charge on any atom is -0.457 e. The van der Waals surface area contributed by atoms with E-state index in [9.17, 15) is 40.5 Å². The van der Waals surface area contributed by atoms with Gasteiger partial charge in [0.2, 0.25) is 0 Å². The van der Waals surface area contributed by atoms with E-state index >= 15 is 0 Å². The Morgan fingerprint density at radius 2 is 0.779 bits per heavy atom. The molecule has 0 bridgehead atoms. The van der Waals surface area contributed by atoms with Crippen molar-refractivity contribution in [1.82, 2.24) is 0 Å². The molecule has 2 heterocycles. The second kappa shape index (κ2) is 42.5. The van der Waals surface area contributed by atoms with Crippen LogP contribution in [0, 0.1) is 0 Å². The van der Waals surface area contributed by atoms with Gasteiger partial charge in [-0.1, -0.05) is 219 Å². The van der Waals surface area contributed by atoms with Crippen molar-refractivity contribution in [3.05, 3.63) is 0 Å². The highest BCUT2D eigenvalue weighted by Gasteiger charge is 2.47. The molecule has 2 fully saturated rings. The van der Waals surface area contributed by atoms with Gasteiger partial charge in [0.25, 0.3) is 0 Å². The van der Waals surface area contributed by atoms with E-state index in [1.54, 1.807) is 0 Å². The Morgan fingerprint density at radius 1 is 0.426 bits per heavy atom. The number of hydrogen-bond acceptors (Lipinski definition) is 14. The summed E-state index contributed by atoms with van der Waals surface area (Å²) < 4.78 is 34.4. The number of unbranched alkanes of at least 4 members (excludes halogenated alkanes) is 32. The van der Waals surface area contributed by atoms with Crippen molar-refractivity contribution in [1.29, 1.82) is 0 Å². The fourth-order valence-corrected chi connectivity index (χ4v) is 9.29. The molecule has 68 heavy (non-hydrogen) atoms. The van der Waals surface area contributed by atoms with E-state index in [4.69, 9.17) is 28.4 Å². The van der Waals surface area contributed by atoms with Crippen molar-refractivity contribution in [3.8, 4) is 0 Å². The monoisotopic (exact) mass is 977 g/mol. The van der Waals surface area contributed by atoms with Crippen molar-refractivity contribution in [2.24, 2.45) is 0 Å². The zero-order valence-corrected chi connectivity index (χ0v) is 43.1. The minimum absolute atomic E-state index is 0.0707. The van der Waals surface area contributed by atoms with Crippen LogP contribution in [0.1, 0.15) is 239 Å². The molecule has 0 aromatic rings. The number of carbonyl (C=O) groups excluding carboxylic acids is 1. The van der Waals surface area contributed by atoms with Crippen molar-refractivity contribution in [2.45, 2.75) is 306 Å². The summed E-state index contributed by atoms with van der Waals surface area (Å²) in [5.74, 6) is -0.369. The second-order valence-electron chi connectivity index (χ2n) is 20.1. The summed E-state index contributed by atoms with van der Waals surface area (Å²) in [7, 11) is 0. The number of esters is 1. The lowest BCUT2D eigenvalue weighted by atomic mass is 9.98. The summed E-state index contributed by atoms with van der Waals surface area (Å²) >= 11 is 0. The third-order valence-electron chi connectivity index (χ3n) is 13.9. The molecule has 2 aliphatic heterocycles. The summed E-state index contributed by atoms with van der Waals surface area (Å²) in [6.45, 7) is 3.75. The van der Waals surface area contributed by atoms with E-state index in [1.807, 2.05) is 0 Å². The Hall–Kier alpha value is -1.01. The van der Waals surface area contributed by atoms with E-state index in [0.717, 1.165) is 44.9 Å². The molecule has 2 rings (SSSR count). The van der Waals surface area contributed by atoms with Crippen molar-refractivity contribution < 1.29 is 69.0 Å². The summed E-state index contributed by atoms with van der Waals surface area (Å²) in [5.41, 5.74) is 0. The van der Waals surface area contributed by atoms with Gasteiger partial charge in [0, 0.05) is 13.0 Å². The molecule has 2 saturated heterocycles. The maximum atomic E-state index is 13.0. The first-order valence-electron chi connectivity index (χ1n) is 28.1. The second-order valence-corrected chi connectivity index (χ2v) is 20.1. The maximum absolute atomic E-state index is 13.0. The highest BCUT2D eigenvalue weighted by Crippen LogP contribution is 2.27. The number of aliphatic hydroxyl groups is 7. The van der Waals surface area contributed by atoms with Crippen LogP contribution in [0.15, 0.2) is 0 Å². The quantitative estimate of drug-likeness (QED) is 0.0224. The Kier molecular flexibility index (Phi) is 39.4. The average Bonchev–Trinajstić information content (AvgIpc) is 3.33. The van der Waals surface area contributed by atoms with E-state index < -0.39 is 80.7 Å². The predicted octanol–water partition coefficient (Wildman–Crippen LogP) is 9.25. The molecule has 14 nitrogen and oxygen atoms in total. The van der Waals surface area contributed by atoms with Gasteiger partial charge >= 0.3 is 5.97 Å². The summed E-state index contributed by atoms with van der Waals surface area (Å²) in [4.78, 5) is 13.0. The van der Waals surface area contributed by atoms with E-state index in [2.05, 4.69) is 13.8 Å². The normalized spacial score (nSPS) is 25.8. The number of ether oxygens (including phenoxy) is 6. The van der Waals surface area contributed by atoms with Gasteiger partial charge in [-0.15, -0.1) is 0 Å². The van der Waals surface area contributed by atoms with Gasteiger partial charge in [0.1, 0.15) is 54.9 Å². The molecule has 11 unspecified atom stereocenters. The van der Waals surface area contributed by atoms with Crippen LogP contribution >= 0.6 is 0 Å². The highest BCUT2D eigenvalue weighted by molar-refractivity contribution is 5.69. The molecule has 11 atom stereocenters. The van der Waals surface area contributed by atoms with Gasteiger partial charge in [-0.05, 0) is 12.8 Å². The van der Waals surface area contributed by atoms with E-state index in [-0.39, 0.29) is 25.6 Å². The molecule has 2 aliphatic rings. The molecule has 7 N–H and O–H groups in total. The summed E-state index contributed by atoms with van der Waals surface area (Å²) in [6, 6.07) is 0. The van der Waals surface area contributed by atoms with Gasteiger partial charge in [-0.2, -0.15) is 0 Å². The Balaban J connectivity index is 1.72. The first-order valence-corrected chi connectivity index (χ1v) is 28.1. The van der Waals surface area contributed by atoms with Crippen LogP contribution < -0.4 is 0 Å². The van der Waals surface area contributed by atoms with Crippen molar-refractivity contribution in [2.75, 3.05) is 33.0 Å². The Bertz CT molecular complexity index is 1130. The third kappa shape index (κ3) is 29.5. The van der Waals surface area contributed by atoms with Crippen LogP contribution in [0.3, 0.4) is 0 Å². The van der Waals surface area contributed by atoms with E-state index in [0.29, 0.717) is 6.61 Å². The standard InChI is InChI=1S/C54H104O14/c1-3-5-7-9-11-13-15-17-19-20-21-22-24-26-28-30-32-34-36-38-63-40-43(66-46(56)37-35-33-31-29-27-25-23-18-16-14-12-10-8-6-4-2)41-64-53-52(62)50(60)48(58)45(68-53)42-65-54-51(61)49(59)47(57)44(39-55)67-54/h43-45,47-55,57-62H,3-42H2,1-2H3. The largest absolute Gasteiger partial charge is 0.457 e. The molecule has 0 saturated carbocycles. The summed E-state index contributed by atoms with van der Waals surface area (Å²) in [6.07, 6.45) is 27.3. The van der Waals surface area contributed by atoms with Crippen molar-refractivity contribution in [3.63, 3.8) is 0 Å². The predicted molar refractivity (Wildman–Crippen MR) is 266 cm³/mol. The lowest BCUT2D eigenvalue weighted by molar-refractivity contribution is -0.332. The molecule has 0 spiro atoms. The SMILES string of the molecule is CCCCCCCCCCCCCCCCCCCCCOCC(COC1OC(COC2OC(CO)C(O)C(O)C2O)C(O)C(O)C1O)OC(=O)CCCCCCCCCCCCCCCCC. The number of carbonyl (C=O) groups is 1. The van der Waals surface area contributed by atoms with Crippen molar-refractivity contribution >= 4 is 5.97 Å². The smallest absolute Gasteiger partial charge is 0.306 e. The molecule has 0 aromatic heterocycles. The molecule has 0 radical (unpaired) electrons. The number of rotatable bonds is 46. The zero-order chi connectivity index (χ0) is 49.5. The average molecular weight is 977 g/mol. The van der Waals surface area contributed by atoms with Crippen LogP contribution in [0.5, 0.6) is 0 Å². The topological polar surface area (TPSA) is 214 Å². The molecule has 0 amide bonds. The molecular weight excluding hydrogens is 873 g/mol. The molecule has 14 heteroatoms. The molecule has 0 aromatic carbocycles. The number of aliphatic hydroxyl groups excluding tert-OH is 7. The first kappa shape index (κ1) is 63.1. The molecule has 0 aliphatic carbocycles. The van der Waals surface area contributed by atoms with Gasteiger partial charge in [0.05, 0.1) is 26.4 Å². The summed E-state index contributed by atoms with van der Waals surface area (Å²) in [5, 5.41) is 72.2. The Labute approximate surface area is 412 Å². The maximum Gasteiger partial charge on any atom is 0.306 e. The fourth-order valence-electron chi connectivity index (χ4n) is 9.29. The van der Waals surface area contributed by atoms with Crippen LogP contribution in [0.4, 0.5) is 0 Å². The molecular formula is C54H104O14. The lowest BCUT2D eigenvalue weighted by Gasteiger charge is -2.42. The van der Waals surface area contributed by atoms with Gasteiger partial charge in [0.15, 0.2) is 12.6 Å². The van der Waals surface area contributed by atoms with Crippen LogP contribution in [0.25, 0.3) is 0 Å². The lowest BCUT2D eigenvalue weighted by Crippen LogP contribution is -2.61. The Morgan fingerprint density at radius 3 is 1.19 bits per heavy atom.